The number of hydrogen-bond acceptors (Lipinski definition) is 2. The lowest BCUT2D eigenvalue weighted by atomic mass is 9.85. The molecule has 2 rings (SSSR count). The third kappa shape index (κ3) is 1.83. The van der Waals surface area contributed by atoms with E-state index >= 15 is 0 Å². The Morgan fingerprint density at radius 1 is 1.27 bits per heavy atom. The van der Waals surface area contributed by atoms with Gasteiger partial charge in [0, 0.05) is 11.6 Å². The molecule has 2 aliphatic rings. The van der Waals surface area contributed by atoms with Crippen LogP contribution >= 0.6 is 0 Å². The van der Waals surface area contributed by atoms with Gasteiger partial charge in [0.1, 0.15) is 0 Å². The summed E-state index contributed by atoms with van der Waals surface area (Å²) in [7, 11) is 0. The monoisotopic (exact) mass is 211 g/mol. The molecule has 1 heterocycles. The van der Waals surface area contributed by atoms with Crippen LogP contribution in [0, 0.1) is 5.41 Å². The quantitative estimate of drug-likeness (QED) is 0.758. The highest BCUT2D eigenvalue weighted by Gasteiger charge is 2.49. The van der Waals surface area contributed by atoms with Crippen LogP contribution in [0.15, 0.2) is 0 Å². The molecule has 1 aliphatic carbocycles. The van der Waals surface area contributed by atoms with E-state index in [9.17, 15) is 0 Å². The Hall–Kier alpha value is -0.0800. The number of fused-ring (bicyclic) bond motifs is 1. The van der Waals surface area contributed by atoms with Crippen molar-refractivity contribution in [3.63, 3.8) is 0 Å². The third-order valence-corrected chi connectivity index (χ3v) is 4.62. The topological polar surface area (TPSA) is 21.3 Å². The lowest BCUT2D eigenvalue weighted by Crippen LogP contribution is -2.62. The summed E-state index contributed by atoms with van der Waals surface area (Å²) < 4.78 is 6.15. The zero-order valence-corrected chi connectivity index (χ0v) is 10.6. The van der Waals surface area contributed by atoms with Crippen LogP contribution in [0.5, 0.6) is 0 Å². The molecule has 0 radical (unpaired) electrons. The molecular formula is C13H25NO. The molecule has 88 valence electrons. The largest absolute Gasteiger partial charge is 0.374 e. The number of morpholine rings is 1. The van der Waals surface area contributed by atoms with Gasteiger partial charge in [-0.15, -0.1) is 0 Å². The molecule has 2 fully saturated rings. The van der Waals surface area contributed by atoms with Gasteiger partial charge in [-0.2, -0.15) is 0 Å². The van der Waals surface area contributed by atoms with E-state index in [4.69, 9.17) is 4.74 Å². The first-order valence-corrected chi connectivity index (χ1v) is 6.42. The molecule has 1 saturated carbocycles. The van der Waals surface area contributed by atoms with Crippen molar-refractivity contribution >= 4 is 0 Å². The summed E-state index contributed by atoms with van der Waals surface area (Å²) in [6.45, 7) is 10.1. The van der Waals surface area contributed by atoms with Crippen molar-refractivity contribution in [1.82, 2.24) is 5.32 Å². The van der Waals surface area contributed by atoms with Crippen LogP contribution < -0.4 is 5.32 Å². The normalized spacial score (nSPS) is 37.6. The van der Waals surface area contributed by atoms with Gasteiger partial charge in [0.2, 0.25) is 0 Å². The highest BCUT2D eigenvalue weighted by molar-refractivity contribution is 5.04. The fraction of sp³-hybridized carbons (Fsp3) is 1.00. The third-order valence-electron chi connectivity index (χ3n) is 4.62. The summed E-state index contributed by atoms with van der Waals surface area (Å²) in [5.41, 5.74) is 0.618. The summed E-state index contributed by atoms with van der Waals surface area (Å²) in [4.78, 5) is 0. The van der Waals surface area contributed by atoms with Crippen LogP contribution in [0.3, 0.4) is 0 Å². The maximum Gasteiger partial charge on any atom is 0.0779 e. The van der Waals surface area contributed by atoms with E-state index in [1.54, 1.807) is 0 Å². The zero-order valence-electron chi connectivity index (χ0n) is 10.6. The van der Waals surface area contributed by atoms with Gasteiger partial charge in [0.25, 0.3) is 0 Å². The maximum absolute atomic E-state index is 6.15. The predicted octanol–water partition coefficient (Wildman–Crippen LogP) is 2.72. The molecular weight excluding hydrogens is 186 g/mol. The van der Waals surface area contributed by atoms with Gasteiger partial charge in [-0.3, -0.25) is 0 Å². The molecule has 2 nitrogen and oxygen atoms in total. The molecule has 2 atom stereocenters. The van der Waals surface area contributed by atoms with Gasteiger partial charge in [-0.1, -0.05) is 27.7 Å². The minimum atomic E-state index is 0.252. The lowest BCUT2D eigenvalue weighted by Gasteiger charge is -2.45. The Bertz CT molecular complexity index is 233. The molecule has 0 aromatic rings. The minimum absolute atomic E-state index is 0.252. The zero-order chi connectivity index (χ0) is 11.1. The Morgan fingerprint density at radius 2 is 1.93 bits per heavy atom. The van der Waals surface area contributed by atoms with E-state index in [-0.39, 0.29) is 5.54 Å². The molecule has 0 bridgehead atoms. The number of nitrogens with one attached hydrogen (secondary N) is 1. The van der Waals surface area contributed by atoms with Crippen molar-refractivity contribution in [3.05, 3.63) is 0 Å². The summed E-state index contributed by atoms with van der Waals surface area (Å²) in [5, 5.41) is 3.86. The summed E-state index contributed by atoms with van der Waals surface area (Å²) in [5.74, 6) is 0. The second kappa shape index (κ2) is 3.74. The highest BCUT2D eigenvalue weighted by Crippen LogP contribution is 2.43. The smallest absolute Gasteiger partial charge is 0.0779 e. The van der Waals surface area contributed by atoms with Gasteiger partial charge in [-0.05, 0) is 31.1 Å². The van der Waals surface area contributed by atoms with Crippen molar-refractivity contribution < 1.29 is 4.74 Å². The molecule has 1 N–H and O–H groups in total. The average Bonchev–Trinajstić information content (AvgIpc) is 2.54. The molecule has 1 aliphatic heterocycles. The van der Waals surface area contributed by atoms with Gasteiger partial charge < -0.3 is 10.1 Å². The van der Waals surface area contributed by atoms with E-state index in [0.717, 1.165) is 6.61 Å². The van der Waals surface area contributed by atoms with E-state index in [2.05, 4.69) is 33.0 Å². The molecule has 2 heteroatoms. The molecule has 15 heavy (non-hydrogen) atoms. The van der Waals surface area contributed by atoms with E-state index < -0.39 is 0 Å². The standard InChI is InChI=1S/C13H25NO/c1-5-13(6-2)9-15-11-10(14-13)7-8-12(11,3)4/h10-11,14H,5-9H2,1-4H3. The minimum Gasteiger partial charge on any atom is -0.374 e. The van der Waals surface area contributed by atoms with Crippen LogP contribution in [0.2, 0.25) is 0 Å². The van der Waals surface area contributed by atoms with E-state index in [0.29, 0.717) is 17.6 Å². The fourth-order valence-corrected chi connectivity index (χ4v) is 3.20. The highest BCUT2D eigenvalue weighted by atomic mass is 16.5. The lowest BCUT2D eigenvalue weighted by molar-refractivity contribution is -0.0908. The molecule has 0 spiro atoms. The van der Waals surface area contributed by atoms with Crippen LogP contribution in [0.4, 0.5) is 0 Å². The van der Waals surface area contributed by atoms with Crippen LogP contribution in [0.1, 0.15) is 53.4 Å². The summed E-state index contributed by atoms with van der Waals surface area (Å²) in [6, 6.07) is 0.591. The van der Waals surface area contributed by atoms with E-state index in [1.807, 2.05) is 0 Å². The average molecular weight is 211 g/mol. The first kappa shape index (κ1) is 11.4. The van der Waals surface area contributed by atoms with Gasteiger partial charge >= 0.3 is 0 Å². The fourth-order valence-electron chi connectivity index (χ4n) is 3.20. The SMILES string of the molecule is CCC1(CC)COC2C(CCC2(C)C)N1. The number of ether oxygens (including phenoxy) is 1. The Labute approximate surface area is 93.8 Å². The number of rotatable bonds is 2. The van der Waals surface area contributed by atoms with Gasteiger partial charge in [0.15, 0.2) is 0 Å². The van der Waals surface area contributed by atoms with Crippen LogP contribution in [-0.2, 0) is 4.74 Å². The van der Waals surface area contributed by atoms with Crippen LogP contribution in [-0.4, -0.2) is 24.3 Å². The Kier molecular flexibility index (Phi) is 2.85. The first-order valence-electron chi connectivity index (χ1n) is 6.42. The molecule has 0 amide bonds. The van der Waals surface area contributed by atoms with Crippen molar-refractivity contribution in [3.8, 4) is 0 Å². The maximum atomic E-state index is 6.15. The van der Waals surface area contributed by atoms with Crippen LogP contribution in [0.25, 0.3) is 0 Å². The van der Waals surface area contributed by atoms with E-state index in [1.165, 1.54) is 25.7 Å². The van der Waals surface area contributed by atoms with Crippen molar-refractivity contribution in [2.45, 2.75) is 71.1 Å². The molecule has 1 saturated heterocycles. The predicted molar refractivity (Wildman–Crippen MR) is 63.0 cm³/mol. The Morgan fingerprint density at radius 3 is 2.53 bits per heavy atom. The Balaban J connectivity index is 2.09. The second-order valence-electron chi connectivity index (χ2n) is 6.00. The van der Waals surface area contributed by atoms with Gasteiger partial charge in [-0.25, -0.2) is 0 Å². The number of hydrogen-bond donors (Lipinski definition) is 1. The molecule has 2 unspecified atom stereocenters. The second-order valence-corrected chi connectivity index (χ2v) is 6.00. The summed E-state index contributed by atoms with van der Waals surface area (Å²) in [6.07, 6.45) is 5.35. The van der Waals surface area contributed by atoms with Crippen molar-refractivity contribution in [2.24, 2.45) is 5.41 Å². The summed E-state index contributed by atoms with van der Waals surface area (Å²) >= 11 is 0. The first-order chi connectivity index (χ1) is 7.03. The molecule has 0 aromatic heterocycles. The van der Waals surface area contributed by atoms with Crippen molar-refractivity contribution in [1.29, 1.82) is 0 Å². The molecule has 0 aromatic carbocycles. The van der Waals surface area contributed by atoms with Gasteiger partial charge in [0.05, 0.1) is 12.7 Å². The van der Waals surface area contributed by atoms with Crippen molar-refractivity contribution in [2.75, 3.05) is 6.61 Å².